The molecule has 0 atom stereocenters. The van der Waals surface area contributed by atoms with Crippen LogP contribution in [0.25, 0.3) is 0 Å². The van der Waals surface area contributed by atoms with E-state index >= 15 is 0 Å². The van der Waals surface area contributed by atoms with Crippen molar-refractivity contribution in [2.24, 2.45) is 0 Å². The average molecular weight is 506 g/mol. The molecule has 0 aromatic heterocycles. The number of amides is 1. The molecule has 1 N–H and O–H groups in total. The zero-order valence-electron chi connectivity index (χ0n) is 16.9. The molecule has 1 aliphatic carbocycles. The number of benzene rings is 2. The summed E-state index contributed by atoms with van der Waals surface area (Å²) in [6.07, 6.45) is 4.23. The fraction of sp³-hybridized carbons (Fsp3) is 0.381. The molecule has 2 aromatic carbocycles. The van der Waals surface area contributed by atoms with E-state index in [4.69, 9.17) is 39.5 Å². The molecule has 168 valence electrons. The van der Waals surface area contributed by atoms with Crippen LogP contribution in [0.5, 0.6) is 5.75 Å². The van der Waals surface area contributed by atoms with E-state index in [1.165, 1.54) is 35.7 Å². The van der Waals surface area contributed by atoms with Crippen LogP contribution in [0, 0.1) is 0 Å². The minimum Gasteiger partial charge on any atom is -0.495 e. The van der Waals surface area contributed by atoms with Gasteiger partial charge in [0.15, 0.2) is 0 Å². The van der Waals surface area contributed by atoms with Gasteiger partial charge in [-0.05, 0) is 49.2 Å². The quantitative estimate of drug-likeness (QED) is 0.530. The first-order valence-electron chi connectivity index (χ1n) is 9.82. The van der Waals surface area contributed by atoms with Crippen molar-refractivity contribution in [1.82, 2.24) is 4.31 Å². The van der Waals surface area contributed by atoms with Crippen molar-refractivity contribution in [1.29, 1.82) is 0 Å². The minimum absolute atomic E-state index is 0.0115. The summed E-state index contributed by atoms with van der Waals surface area (Å²) in [6, 6.07) is 8.68. The molecular weight excluding hydrogens is 483 g/mol. The molecule has 0 unspecified atom stereocenters. The van der Waals surface area contributed by atoms with Crippen LogP contribution in [0.1, 0.15) is 32.1 Å². The van der Waals surface area contributed by atoms with Gasteiger partial charge in [-0.15, -0.1) is 0 Å². The smallest absolute Gasteiger partial charge is 0.243 e. The third-order valence-corrected chi connectivity index (χ3v) is 7.97. The summed E-state index contributed by atoms with van der Waals surface area (Å²) in [6.45, 7) is -0.348. The Labute approximate surface area is 197 Å². The maximum atomic E-state index is 13.5. The monoisotopic (exact) mass is 504 g/mol. The Bertz CT molecular complexity index is 1060. The molecule has 0 bridgehead atoms. The average Bonchev–Trinajstić information content (AvgIpc) is 2.75. The Morgan fingerprint density at radius 1 is 1.06 bits per heavy atom. The van der Waals surface area contributed by atoms with Crippen molar-refractivity contribution >= 4 is 56.4 Å². The molecule has 31 heavy (non-hydrogen) atoms. The van der Waals surface area contributed by atoms with Gasteiger partial charge in [-0.25, -0.2) is 8.42 Å². The second kappa shape index (κ2) is 10.4. The number of sulfonamides is 1. The fourth-order valence-electron chi connectivity index (χ4n) is 3.65. The maximum absolute atomic E-state index is 13.5. The lowest BCUT2D eigenvalue weighted by Crippen LogP contribution is -2.45. The zero-order valence-corrected chi connectivity index (χ0v) is 20.0. The fourth-order valence-corrected chi connectivity index (χ4v) is 5.97. The number of methoxy groups -OCH3 is 1. The highest BCUT2D eigenvalue weighted by atomic mass is 35.5. The number of halogens is 3. The van der Waals surface area contributed by atoms with E-state index in [-0.39, 0.29) is 22.5 Å². The first-order chi connectivity index (χ1) is 14.7. The minimum atomic E-state index is -3.98. The molecule has 0 spiro atoms. The maximum Gasteiger partial charge on any atom is 0.243 e. The lowest BCUT2D eigenvalue weighted by Gasteiger charge is -2.33. The van der Waals surface area contributed by atoms with Crippen molar-refractivity contribution in [2.75, 3.05) is 19.0 Å². The van der Waals surface area contributed by atoms with Gasteiger partial charge in [0.2, 0.25) is 15.9 Å². The number of nitrogens with one attached hydrogen (secondary N) is 1. The highest BCUT2D eigenvalue weighted by Gasteiger charge is 2.34. The Balaban J connectivity index is 1.89. The first kappa shape index (κ1) is 24.1. The molecule has 0 heterocycles. The summed E-state index contributed by atoms with van der Waals surface area (Å²) < 4.78 is 33.4. The van der Waals surface area contributed by atoms with E-state index < -0.39 is 15.9 Å². The summed E-state index contributed by atoms with van der Waals surface area (Å²) in [7, 11) is -2.53. The van der Waals surface area contributed by atoms with Crippen LogP contribution < -0.4 is 10.1 Å². The topological polar surface area (TPSA) is 75.7 Å². The van der Waals surface area contributed by atoms with Gasteiger partial charge in [-0.1, -0.05) is 54.1 Å². The predicted octanol–water partition coefficient (Wildman–Crippen LogP) is 5.62. The standard InChI is InChI=1S/C21H23Cl3N2O4S/c1-30-20-10-8-16(12-18(20)24)31(28,29)26(15-5-3-2-4-6-15)13-21(27)25-19-11-14(22)7-9-17(19)23/h7-12,15H,2-6,13H2,1H3,(H,25,27). The van der Waals surface area contributed by atoms with Gasteiger partial charge in [0, 0.05) is 11.1 Å². The molecule has 2 aromatic rings. The van der Waals surface area contributed by atoms with E-state index in [0.717, 1.165) is 19.3 Å². The number of hydrogen-bond donors (Lipinski definition) is 1. The number of hydrogen-bond acceptors (Lipinski definition) is 4. The van der Waals surface area contributed by atoms with Crippen molar-refractivity contribution in [3.05, 3.63) is 51.5 Å². The van der Waals surface area contributed by atoms with Gasteiger partial charge in [-0.2, -0.15) is 4.31 Å². The van der Waals surface area contributed by atoms with Gasteiger partial charge < -0.3 is 10.1 Å². The van der Waals surface area contributed by atoms with Gasteiger partial charge >= 0.3 is 0 Å². The molecular formula is C21H23Cl3N2O4S. The Morgan fingerprint density at radius 2 is 1.77 bits per heavy atom. The molecule has 0 saturated heterocycles. The Kier molecular flexibility index (Phi) is 8.10. The van der Waals surface area contributed by atoms with E-state index in [2.05, 4.69) is 5.32 Å². The van der Waals surface area contributed by atoms with Crippen molar-refractivity contribution in [3.8, 4) is 5.75 Å². The van der Waals surface area contributed by atoms with Crippen LogP contribution >= 0.6 is 34.8 Å². The molecule has 10 heteroatoms. The lowest BCUT2D eigenvalue weighted by atomic mass is 9.95. The normalized spacial score (nSPS) is 15.1. The van der Waals surface area contributed by atoms with Crippen LogP contribution in [0.15, 0.2) is 41.3 Å². The molecule has 1 aliphatic rings. The lowest BCUT2D eigenvalue weighted by molar-refractivity contribution is -0.116. The van der Waals surface area contributed by atoms with Gasteiger partial charge in [-0.3, -0.25) is 4.79 Å². The largest absolute Gasteiger partial charge is 0.495 e. The van der Waals surface area contributed by atoms with Crippen LogP contribution in [-0.4, -0.2) is 38.3 Å². The van der Waals surface area contributed by atoms with Crippen molar-refractivity contribution < 1.29 is 17.9 Å². The summed E-state index contributed by atoms with van der Waals surface area (Å²) >= 11 is 18.3. The van der Waals surface area contributed by atoms with E-state index in [1.54, 1.807) is 12.1 Å². The summed E-state index contributed by atoms with van der Waals surface area (Å²) in [4.78, 5) is 12.8. The molecule has 6 nitrogen and oxygen atoms in total. The van der Waals surface area contributed by atoms with Crippen LogP contribution in [0.4, 0.5) is 5.69 Å². The second-order valence-corrected chi connectivity index (χ2v) is 10.5. The third kappa shape index (κ3) is 5.84. The zero-order chi connectivity index (χ0) is 22.6. The Morgan fingerprint density at radius 3 is 2.42 bits per heavy atom. The summed E-state index contributed by atoms with van der Waals surface area (Å²) in [5, 5.41) is 3.57. The number of nitrogens with zero attached hydrogens (tertiary/aromatic N) is 1. The molecule has 1 fully saturated rings. The molecule has 0 radical (unpaired) electrons. The van der Waals surface area contributed by atoms with Crippen LogP contribution in [0.2, 0.25) is 15.1 Å². The SMILES string of the molecule is COc1ccc(S(=O)(=O)N(CC(=O)Nc2cc(Cl)ccc2Cl)C2CCCCC2)cc1Cl. The van der Waals surface area contributed by atoms with Crippen molar-refractivity contribution in [3.63, 3.8) is 0 Å². The summed E-state index contributed by atoms with van der Waals surface area (Å²) in [5.74, 6) is -0.129. The number of ether oxygens (including phenoxy) is 1. The van der Waals surface area contributed by atoms with Gasteiger partial charge in [0.1, 0.15) is 5.75 Å². The molecule has 3 rings (SSSR count). The van der Waals surface area contributed by atoms with Crippen LogP contribution in [-0.2, 0) is 14.8 Å². The highest BCUT2D eigenvalue weighted by Crippen LogP contribution is 2.32. The van der Waals surface area contributed by atoms with Gasteiger partial charge in [0.25, 0.3) is 0 Å². The number of carbonyl (C=O) groups is 1. The van der Waals surface area contributed by atoms with E-state index in [0.29, 0.717) is 34.3 Å². The summed E-state index contributed by atoms with van der Waals surface area (Å²) in [5.41, 5.74) is 0.327. The van der Waals surface area contributed by atoms with Crippen LogP contribution in [0.3, 0.4) is 0 Å². The van der Waals surface area contributed by atoms with E-state index in [9.17, 15) is 13.2 Å². The second-order valence-electron chi connectivity index (χ2n) is 7.31. The predicted molar refractivity (Wildman–Crippen MR) is 124 cm³/mol. The number of rotatable bonds is 7. The Hall–Kier alpha value is -1.51. The number of carbonyl (C=O) groups excluding carboxylic acids is 1. The molecule has 0 aliphatic heterocycles. The van der Waals surface area contributed by atoms with E-state index in [1.807, 2.05) is 0 Å². The molecule has 1 amide bonds. The number of anilines is 1. The van der Waals surface area contributed by atoms with Crippen molar-refractivity contribution in [2.45, 2.75) is 43.0 Å². The third-order valence-electron chi connectivity index (χ3n) is 5.21. The first-order valence-corrected chi connectivity index (χ1v) is 12.4. The van der Waals surface area contributed by atoms with Gasteiger partial charge in [0.05, 0.1) is 34.3 Å². The molecule has 1 saturated carbocycles. The highest BCUT2D eigenvalue weighted by molar-refractivity contribution is 7.89.